The summed E-state index contributed by atoms with van der Waals surface area (Å²) in [6.45, 7) is 6.79. The third-order valence-electron chi connectivity index (χ3n) is 5.70. The van der Waals surface area contributed by atoms with Crippen molar-refractivity contribution < 1.29 is 9.59 Å². The number of nitrogens with zero attached hydrogens (tertiary/aromatic N) is 7. The van der Waals surface area contributed by atoms with Crippen molar-refractivity contribution in [3.63, 3.8) is 0 Å². The number of rotatable bonds is 3. The number of hydrogen-bond acceptors (Lipinski definition) is 5. The Kier molecular flexibility index (Phi) is 4.92. The highest BCUT2D eigenvalue weighted by Gasteiger charge is 2.34. The van der Waals surface area contributed by atoms with Gasteiger partial charge in [-0.2, -0.15) is 10.2 Å². The van der Waals surface area contributed by atoms with Crippen LogP contribution in [0.5, 0.6) is 0 Å². The van der Waals surface area contributed by atoms with E-state index in [0.717, 1.165) is 37.3 Å². The summed E-state index contributed by atoms with van der Waals surface area (Å²) >= 11 is 0. The molecule has 28 heavy (non-hydrogen) atoms. The van der Waals surface area contributed by atoms with Crippen LogP contribution in [0.15, 0.2) is 12.3 Å². The van der Waals surface area contributed by atoms with Gasteiger partial charge in [0.25, 0.3) is 11.8 Å². The lowest BCUT2D eigenvalue weighted by atomic mass is 10.2. The maximum absolute atomic E-state index is 13.2. The fraction of sp³-hybridized carbons (Fsp3) is 0.579. The quantitative estimate of drug-likeness (QED) is 0.772. The number of hydrogen-bond donors (Lipinski definition) is 0. The Morgan fingerprint density at radius 1 is 1.04 bits per heavy atom. The normalized spacial score (nSPS) is 17.7. The van der Waals surface area contributed by atoms with E-state index in [0.29, 0.717) is 37.6 Å². The number of aryl methyl sites for hydroxylation is 2. The maximum atomic E-state index is 13.2. The van der Waals surface area contributed by atoms with Gasteiger partial charge in [0.05, 0.1) is 18.8 Å². The van der Waals surface area contributed by atoms with E-state index in [9.17, 15) is 9.59 Å². The van der Waals surface area contributed by atoms with Crippen LogP contribution in [0.3, 0.4) is 0 Å². The molecule has 9 heteroatoms. The molecule has 2 aliphatic rings. The number of aromatic nitrogens is 4. The van der Waals surface area contributed by atoms with Crippen molar-refractivity contribution in [2.45, 2.75) is 33.0 Å². The first kappa shape index (κ1) is 18.7. The maximum Gasteiger partial charge on any atom is 0.274 e. The third kappa shape index (κ3) is 3.19. The second-order valence-corrected chi connectivity index (χ2v) is 7.54. The topological polar surface area (TPSA) is 79.5 Å². The Morgan fingerprint density at radius 2 is 1.86 bits per heavy atom. The summed E-state index contributed by atoms with van der Waals surface area (Å²) < 4.78 is 3.44. The first-order chi connectivity index (χ1) is 13.5. The van der Waals surface area contributed by atoms with Gasteiger partial charge in [-0.1, -0.05) is 0 Å². The molecule has 0 unspecified atom stereocenters. The van der Waals surface area contributed by atoms with E-state index in [4.69, 9.17) is 0 Å². The second-order valence-electron chi connectivity index (χ2n) is 7.54. The van der Waals surface area contributed by atoms with E-state index < -0.39 is 0 Å². The van der Waals surface area contributed by atoms with Crippen molar-refractivity contribution in [3.8, 4) is 0 Å². The molecule has 1 fully saturated rings. The largest absolute Gasteiger partial charge is 0.336 e. The number of likely N-dealkylation sites (N-methyl/N-ethyl adjacent to an activating group) is 1. The summed E-state index contributed by atoms with van der Waals surface area (Å²) in [5.74, 6) is -0.0922. The number of carbonyl (C=O) groups is 2. The molecule has 0 aromatic carbocycles. The molecule has 0 saturated carbocycles. The molecule has 0 aliphatic carbocycles. The zero-order chi connectivity index (χ0) is 19.8. The summed E-state index contributed by atoms with van der Waals surface area (Å²) in [5, 5.41) is 8.69. The summed E-state index contributed by atoms with van der Waals surface area (Å²) in [5.41, 5.74) is 2.88. The van der Waals surface area contributed by atoms with Gasteiger partial charge in [-0.15, -0.1) is 0 Å². The Morgan fingerprint density at radius 3 is 2.64 bits per heavy atom. The van der Waals surface area contributed by atoms with Crippen LogP contribution in [0.2, 0.25) is 0 Å². The number of carbonyl (C=O) groups excluding carboxylic acids is 2. The molecule has 2 amide bonds. The Hall–Kier alpha value is -2.68. The lowest BCUT2D eigenvalue weighted by molar-refractivity contribution is 0.0719. The van der Waals surface area contributed by atoms with Crippen LogP contribution in [0.25, 0.3) is 0 Å². The molecule has 0 N–H and O–H groups in total. The van der Waals surface area contributed by atoms with Crippen molar-refractivity contribution >= 4 is 11.8 Å². The molecule has 2 aromatic rings. The molecule has 0 atom stereocenters. The van der Waals surface area contributed by atoms with Gasteiger partial charge in [-0.05, 0) is 33.0 Å². The van der Waals surface area contributed by atoms with E-state index >= 15 is 0 Å². The van der Waals surface area contributed by atoms with Gasteiger partial charge in [-0.25, -0.2) is 0 Å². The summed E-state index contributed by atoms with van der Waals surface area (Å²) in [7, 11) is 3.92. The van der Waals surface area contributed by atoms with Crippen LogP contribution < -0.4 is 0 Å². The fourth-order valence-corrected chi connectivity index (χ4v) is 4.04. The van der Waals surface area contributed by atoms with Gasteiger partial charge in [0, 0.05) is 45.0 Å². The average molecular weight is 385 g/mol. The Balaban J connectivity index is 1.55. The average Bonchev–Trinajstić information content (AvgIpc) is 3.36. The Labute approximate surface area is 164 Å². The minimum Gasteiger partial charge on any atom is -0.336 e. The van der Waals surface area contributed by atoms with Crippen molar-refractivity contribution in [1.82, 2.24) is 34.3 Å². The van der Waals surface area contributed by atoms with Crippen LogP contribution in [-0.4, -0.2) is 79.3 Å². The molecule has 2 aromatic heterocycles. The smallest absolute Gasteiger partial charge is 0.274 e. The van der Waals surface area contributed by atoms with E-state index in [1.165, 1.54) is 0 Å². The molecule has 150 valence electrons. The van der Waals surface area contributed by atoms with Gasteiger partial charge in [-0.3, -0.25) is 19.0 Å². The molecule has 9 nitrogen and oxygen atoms in total. The first-order valence-electron chi connectivity index (χ1n) is 9.83. The first-order valence-corrected chi connectivity index (χ1v) is 9.83. The zero-order valence-corrected chi connectivity index (χ0v) is 16.8. The zero-order valence-electron chi connectivity index (χ0n) is 16.8. The second kappa shape index (κ2) is 7.38. The predicted molar refractivity (Wildman–Crippen MR) is 103 cm³/mol. The van der Waals surface area contributed by atoms with E-state index in [1.54, 1.807) is 26.5 Å². The molecule has 2 aliphatic heterocycles. The van der Waals surface area contributed by atoms with Gasteiger partial charge in [0.1, 0.15) is 5.69 Å². The monoisotopic (exact) mass is 385 g/mol. The van der Waals surface area contributed by atoms with E-state index in [-0.39, 0.29) is 11.8 Å². The van der Waals surface area contributed by atoms with Gasteiger partial charge < -0.3 is 14.7 Å². The highest BCUT2D eigenvalue weighted by molar-refractivity contribution is 5.96. The summed E-state index contributed by atoms with van der Waals surface area (Å²) in [6.07, 6.45) is 2.61. The van der Waals surface area contributed by atoms with E-state index in [2.05, 4.69) is 22.1 Å². The summed E-state index contributed by atoms with van der Waals surface area (Å²) in [4.78, 5) is 32.0. The minimum atomic E-state index is -0.0645. The molecule has 0 bridgehead atoms. The highest BCUT2D eigenvalue weighted by atomic mass is 16.2. The molecule has 4 rings (SSSR count). The molecular weight excluding hydrogens is 358 g/mol. The number of fused-ring (bicyclic) bond motifs is 1. The van der Waals surface area contributed by atoms with Gasteiger partial charge >= 0.3 is 0 Å². The standard InChI is InChI=1S/C19H27N7O2/c1-4-26-15(6-7-20-26)18(27)25-12-14-16(13-25)23(3)21-17(14)19(28)24-9-5-8-22(2)10-11-24/h6-7H,4-5,8-13H2,1-3H3. The molecule has 0 radical (unpaired) electrons. The third-order valence-corrected chi connectivity index (χ3v) is 5.70. The van der Waals surface area contributed by atoms with Crippen molar-refractivity contribution in [1.29, 1.82) is 0 Å². The van der Waals surface area contributed by atoms with Crippen molar-refractivity contribution in [3.05, 3.63) is 34.9 Å². The van der Waals surface area contributed by atoms with Crippen LogP contribution >= 0.6 is 0 Å². The highest BCUT2D eigenvalue weighted by Crippen LogP contribution is 2.28. The molecule has 1 saturated heterocycles. The summed E-state index contributed by atoms with van der Waals surface area (Å²) in [6, 6.07) is 1.74. The minimum absolute atomic E-state index is 0.0277. The van der Waals surface area contributed by atoms with Crippen molar-refractivity contribution in [2.24, 2.45) is 7.05 Å². The number of amides is 2. The SMILES string of the molecule is CCn1nccc1C(=O)N1Cc2c(C(=O)N3CCCN(C)CC3)nn(C)c2C1. The fourth-order valence-electron chi connectivity index (χ4n) is 4.04. The predicted octanol–water partition coefficient (Wildman–Crippen LogP) is 0.570. The van der Waals surface area contributed by atoms with Crippen LogP contribution in [0.1, 0.15) is 45.6 Å². The van der Waals surface area contributed by atoms with Crippen molar-refractivity contribution in [2.75, 3.05) is 33.2 Å². The molecule has 4 heterocycles. The van der Waals surface area contributed by atoms with E-state index in [1.807, 2.05) is 18.9 Å². The Bertz CT molecular complexity index is 900. The van der Waals surface area contributed by atoms with Gasteiger partial charge in [0.2, 0.25) is 0 Å². The van der Waals surface area contributed by atoms with Gasteiger partial charge in [0.15, 0.2) is 5.69 Å². The van der Waals surface area contributed by atoms with Crippen LogP contribution in [-0.2, 0) is 26.7 Å². The lowest BCUT2D eigenvalue weighted by Crippen LogP contribution is -2.35. The lowest BCUT2D eigenvalue weighted by Gasteiger charge is -2.20. The molecule has 0 spiro atoms. The van der Waals surface area contributed by atoms with Crippen LogP contribution in [0.4, 0.5) is 0 Å². The van der Waals surface area contributed by atoms with Crippen LogP contribution in [0, 0.1) is 0 Å². The molecular formula is C19H27N7O2.